The summed E-state index contributed by atoms with van der Waals surface area (Å²) in [5, 5.41) is 9.81. The summed E-state index contributed by atoms with van der Waals surface area (Å²) in [6.07, 6.45) is 4.62. The molecule has 194 valence electrons. The Hall–Kier alpha value is -2.75. The predicted molar refractivity (Wildman–Crippen MR) is 136 cm³/mol. The van der Waals surface area contributed by atoms with Gasteiger partial charge in [-0.25, -0.2) is 12.8 Å². The van der Waals surface area contributed by atoms with E-state index in [4.69, 9.17) is 4.74 Å². The van der Waals surface area contributed by atoms with Gasteiger partial charge in [0.2, 0.25) is 10.0 Å². The number of sulfonamides is 1. The van der Waals surface area contributed by atoms with Crippen LogP contribution in [-0.4, -0.2) is 67.5 Å². The van der Waals surface area contributed by atoms with Gasteiger partial charge in [-0.05, 0) is 73.7 Å². The third-order valence-corrected chi connectivity index (χ3v) is 8.99. The fourth-order valence-corrected chi connectivity index (χ4v) is 6.57. The molecule has 7 nitrogen and oxygen atoms in total. The number of amides is 1. The van der Waals surface area contributed by atoms with Crippen molar-refractivity contribution in [2.75, 3.05) is 26.7 Å². The van der Waals surface area contributed by atoms with Crippen LogP contribution in [0.4, 0.5) is 4.39 Å². The van der Waals surface area contributed by atoms with Crippen LogP contribution in [0, 0.1) is 11.7 Å². The highest BCUT2D eigenvalue weighted by Gasteiger charge is 2.38. The first-order valence-corrected chi connectivity index (χ1v) is 13.7. The summed E-state index contributed by atoms with van der Waals surface area (Å²) < 4.78 is 48.3. The number of carbonyl (C=O) groups is 1. The number of benzene rings is 2. The molecule has 0 saturated carbocycles. The molecule has 1 aliphatic carbocycles. The number of nitrogens with zero attached hydrogens (tertiary/aromatic N) is 2. The van der Waals surface area contributed by atoms with Gasteiger partial charge in [0.15, 0.2) is 0 Å². The summed E-state index contributed by atoms with van der Waals surface area (Å²) in [6, 6.07) is 9.89. The van der Waals surface area contributed by atoms with E-state index < -0.39 is 28.0 Å². The van der Waals surface area contributed by atoms with Gasteiger partial charge in [0, 0.05) is 31.1 Å². The van der Waals surface area contributed by atoms with Crippen LogP contribution < -0.4 is 4.74 Å². The van der Waals surface area contributed by atoms with E-state index in [9.17, 15) is 22.7 Å². The molecule has 2 aliphatic rings. The monoisotopic (exact) mass is 516 g/mol. The summed E-state index contributed by atoms with van der Waals surface area (Å²) in [6.45, 7) is 3.55. The quantitative estimate of drug-likeness (QED) is 0.629. The molecule has 0 fully saturated rings. The van der Waals surface area contributed by atoms with E-state index in [1.54, 1.807) is 26.1 Å². The van der Waals surface area contributed by atoms with E-state index in [0.717, 1.165) is 30.4 Å². The molecule has 1 aliphatic heterocycles. The van der Waals surface area contributed by atoms with Crippen molar-refractivity contribution in [2.45, 2.75) is 50.2 Å². The van der Waals surface area contributed by atoms with Crippen molar-refractivity contribution < 1.29 is 27.4 Å². The molecule has 4 rings (SSSR count). The van der Waals surface area contributed by atoms with Gasteiger partial charge in [0.1, 0.15) is 22.6 Å². The molecule has 1 heterocycles. The third-order valence-electron chi connectivity index (χ3n) is 6.97. The molecule has 0 unspecified atom stereocenters. The van der Waals surface area contributed by atoms with Crippen molar-refractivity contribution in [2.24, 2.45) is 5.92 Å². The standard InChI is InChI=1S/C27H33FN2O5S/c1-18-15-30(19(2)17-31)36(33,34)26-13-10-22(20-6-4-5-7-20)14-24(26)35-25(18)16-29(3)27(32)21-8-11-23(28)12-9-21/h6,8-14,18-19,25,31H,4-5,7,15-17H2,1-3H3/t18-,19-,25+/m1/s1. The Morgan fingerprint density at radius 3 is 2.61 bits per heavy atom. The van der Waals surface area contributed by atoms with Crippen LogP contribution in [-0.2, 0) is 10.0 Å². The molecule has 3 atom stereocenters. The first-order chi connectivity index (χ1) is 17.1. The van der Waals surface area contributed by atoms with Crippen LogP contribution in [0.1, 0.15) is 49.0 Å². The zero-order valence-corrected chi connectivity index (χ0v) is 21.7. The van der Waals surface area contributed by atoms with Crippen molar-refractivity contribution in [3.8, 4) is 5.75 Å². The average Bonchev–Trinajstić information content (AvgIpc) is 3.40. The molecular formula is C27H33FN2O5S. The maximum Gasteiger partial charge on any atom is 0.253 e. The summed E-state index contributed by atoms with van der Waals surface area (Å²) in [4.78, 5) is 14.5. The minimum absolute atomic E-state index is 0.0505. The normalized spacial score (nSPS) is 22.5. The van der Waals surface area contributed by atoms with E-state index in [2.05, 4.69) is 6.08 Å². The summed E-state index contributed by atoms with van der Waals surface area (Å²) in [5.41, 5.74) is 2.44. The molecule has 2 aromatic rings. The van der Waals surface area contributed by atoms with Gasteiger partial charge in [-0.3, -0.25) is 4.79 Å². The molecule has 36 heavy (non-hydrogen) atoms. The first kappa shape index (κ1) is 26.3. The highest BCUT2D eigenvalue weighted by Crippen LogP contribution is 2.37. The molecule has 1 amide bonds. The first-order valence-electron chi connectivity index (χ1n) is 12.3. The predicted octanol–water partition coefficient (Wildman–Crippen LogP) is 3.93. The number of hydrogen-bond acceptors (Lipinski definition) is 5. The number of aliphatic hydroxyl groups excluding tert-OH is 1. The maximum absolute atomic E-state index is 13.6. The number of hydrogen-bond donors (Lipinski definition) is 1. The van der Waals surface area contributed by atoms with E-state index in [1.165, 1.54) is 33.5 Å². The molecule has 0 radical (unpaired) electrons. The van der Waals surface area contributed by atoms with E-state index in [1.807, 2.05) is 13.0 Å². The molecule has 1 N–H and O–H groups in total. The van der Waals surface area contributed by atoms with Gasteiger partial charge in [0.05, 0.1) is 13.2 Å². The van der Waals surface area contributed by atoms with Crippen LogP contribution in [0.3, 0.4) is 0 Å². The lowest BCUT2D eigenvalue weighted by Crippen LogP contribution is -2.50. The SMILES string of the molecule is C[C@@H]1CN([C@H](C)CO)S(=O)(=O)c2ccc(C3=CCCC3)cc2O[C@H]1CN(C)C(=O)c1ccc(F)cc1. The van der Waals surface area contributed by atoms with Gasteiger partial charge in [-0.2, -0.15) is 4.31 Å². The Morgan fingerprint density at radius 1 is 1.25 bits per heavy atom. The molecule has 9 heteroatoms. The van der Waals surface area contributed by atoms with E-state index >= 15 is 0 Å². The summed E-state index contributed by atoms with van der Waals surface area (Å²) in [7, 11) is -2.28. The van der Waals surface area contributed by atoms with Gasteiger partial charge in [0.25, 0.3) is 5.91 Å². The van der Waals surface area contributed by atoms with Gasteiger partial charge >= 0.3 is 0 Å². The molecule has 0 bridgehead atoms. The van der Waals surface area contributed by atoms with E-state index in [0.29, 0.717) is 5.56 Å². The second-order valence-electron chi connectivity index (χ2n) is 9.72. The fraction of sp³-hybridized carbons (Fsp3) is 0.444. The van der Waals surface area contributed by atoms with Crippen molar-refractivity contribution in [1.82, 2.24) is 9.21 Å². The molecule has 0 aromatic heterocycles. The minimum Gasteiger partial charge on any atom is -0.487 e. The second-order valence-corrected chi connectivity index (χ2v) is 11.6. The fourth-order valence-electron chi connectivity index (χ4n) is 4.74. The number of ether oxygens (including phenoxy) is 1. The van der Waals surface area contributed by atoms with Crippen molar-refractivity contribution >= 4 is 21.5 Å². The number of allylic oxidation sites excluding steroid dienone is 2. The highest BCUT2D eigenvalue weighted by molar-refractivity contribution is 7.89. The summed E-state index contributed by atoms with van der Waals surface area (Å²) in [5.74, 6) is -0.754. The molecule has 0 spiro atoms. The van der Waals surface area contributed by atoms with Gasteiger partial charge < -0.3 is 14.7 Å². The largest absolute Gasteiger partial charge is 0.487 e. The lowest BCUT2D eigenvalue weighted by Gasteiger charge is -2.37. The number of halogens is 1. The zero-order chi connectivity index (χ0) is 26.0. The smallest absolute Gasteiger partial charge is 0.253 e. The second kappa shape index (κ2) is 10.7. The Balaban J connectivity index is 1.70. The Morgan fingerprint density at radius 2 is 1.97 bits per heavy atom. The topological polar surface area (TPSA) is 87.2 Å². The lowest BCUT2D eigenvalue weighted by atomic mass is 10.0. The Labute approximate surface area is 212 Å². The van der Waals surface area contributed by atoms with Gasteiger partial charge in [-0.1, -0.05) is 19.1 Å². The average molecular weight is 517 g/mol. The number of likely N-dealkylation sites (N-methyl/N-ethyl adjacent to an activating group) is 1. The molecule has 0 saturated heterocycles. The van der Waals surface area contributed by atoms with Crippen LogP contribution in [0.25, 0.3) is 5.57 Å². The number of fused-ring (bicyclic) bond motifs is 1. The third kappa shape index (κ3) is 5.33. The number of rotatable bonds is 6. The van der Waals surface area contributed by atoms with Gasteiger partial charge in [-0.15, -0.1) is 0 Å². The van der Waals surface area contributed by atoms with E-state index in [-0.39, 0.29) is 42.2 Å². The number of carbonyl (C=O) groups excluding carboxylic acids is 1. The summed E-state index contributed by atoms with van der Waals surface area (Å²) >= 11 is 0. The number of aliphatic hydroxyl groups is 1. The van der Waals surface area contributed by atoms with Crippen molar-refractivity contribution in [3.63, 3.8) is 0 Å². The highest BCUT2D eigenvalue weighted by atomic mass is 32.2. The van der Waals surface area contributed by atoms with Crippen LogP contribution in [0.2, 0.25) is 0 Å². The van der Waals surface area contributed by atoms with Crippen LogP contribution in [0.5, 0.6) is 5.75 Å². The Kier molecular flexibility index (Phi) is 7.82. The van der Waals surface area contributed by atoms with Crippen LogP contribution >= 0.6 is 0 Å². The lowest BCUT2D eigenvalue weighted by molar-refractivity contribution is 0.0563. The molecular weight excluding hydrogens is 483 g/mol. The van der Waals surface area contributed by atoms with Crippen molar-refractivity contribution in [1.29, 1.82) is 0 Å². The minimum atomic E-state index is -3.93. The maximum atomic E-state index is 13.6. The molecule has 2 aromatic carbocycles. The van der Waals surface area contributed by atoms with Crippen LogP contribution in [0.15, 0.2) is 53.4 Å². The Bertz CT molecular complexity index is 1250. The van der Waals surface area contributed by atoms with Crippen molar-refractivity contribution in [3.05, 3.63) is 65.5 Å². The zero-order valence-electron chi connectivity index (χ0n) is 20.9.